The molecule has 0 radical (unpaired) electrons. The highest BCUT2D eigenvalue weighted by atomic mass is 35.5. The first kappa shape index (κ1) is 16.4. The Bertz CT molecular complexity index is 698. The lowest BCUT2D eigenvalue weighted by Gasteiger charge is -2.31. The van der Waals surface area contributed by atoms with Crippen LogP contribution >= 0.6 is 22.9 Å². The van der Waals surface area contributed by atoms with Crippen molar-refractivity contribution in [2.45, 2.75) is 32.6 Å². The number of thiazole rings is 1. The van der Waals surface area contributed by atoms with Crippen molar-refractivity contribution in [3.05, 3.63) is 50.2 Å². The normalized spacial score (nSPS) is 15.9. The van der Waals surface area contributed by atoms with Crippen LogP contribution in [-0.2, 0) is 0 Å². The first-order chi connectivity index (χ1) is 11.0. The highest BCUT2D eigenvalue weighted by molar-refractivity contribution is 7.11. The predicted molar refractivity (Wildman–Crippen MR) is 90.9 cm³/mol. The standard InChI is InChI=1S/C17H18ClFN2OS/c1-10-11(2)23-16(20-10)12-6-8-21(9-7-12)17(22)15-13(18)4-3-5-14(15)19/h3-5,12H,6-9H2,1-2H3. The molecule has 2 aromatic rings. The molecule has 2 heterocycles. The maximum absolute atomic E-state index is 13.9. The fraction of sp³-hybridized carbons (Fsp3) is 0.412. The summed E-state index contributed by atoms with van der Waals surface area (Å²) in [4.78, 5) is 20.1. The number of hydrogen-bond acceptors (Lipinski definition) is 3. The minimum Gasteiger partial charge on any atom is -0.338 e. The molecule has 3 rings (SSSR count). The summed E-state index contributed by atoms with van der Waals surface area (Å²) in [5.41, 5.74) is 1.06. The number of amides is 1. The van der Waals surface area contributed by atoms with E-state index in [2.05, 4.69) is 11.9 Å². The van der Waals surface area contributed by atoms with Gasteiger partial charge in [0, 0.05) is 23.9 Å². The van der Waals surface area contributed by atoms with Gasteiger partial charge in [0.15, 0.2) is 0 Å². The van der Waals surface area contributed by atoms with Gasteiger partial charge < -0.3 is 4.90 Å². The first-order valence-electron chi connectivity index (χ1n) is 7.64. The van der Waals surface area contributed by atoms with Gasteiger partial charge in [0.1, 0.15) is 5.82 Å². The van der Waals surface area contributed by atoms with Crippen molar-refractivity contribution in [1.82, 2.24) is 9.88 Å². The number of rotatable bonds is 2. The maximum atomic E-state index is 13.9. The van der Waals surface area contributed by atoms with E-state index in [0.717, 1.165) is 23.5 Å². The molecule has 1 amide bonds. The number of likely N-dealkylation sites (tertiary alicyclic amines) is 1. The minimum absolute atomic E-state index is 0.0199. The molecule has 0 saturated carbocycles. The third-order valence-electron chi connectivity index (χ3n) is 4.35. The molecule has 122 valence electrons. The number of halogens is 2. The SMILES string of the molecule is Cc1nc(C2CCN(C(=O)c3c(F)cccc3Cl)CC2)sc1C. The summed E-state index contributed by atoms with van der Waals surface area (Å²) in [5.74, 6) is -0.499. The van der Waals surface area contributed by atoms with E-state index in [1.54, 1.807) is 22.3 Å². The number of aromatic nitrogens is 1. The van der Waals surface area contributed by atoms with Crippen molar-refractivity contribution in [1.29, 1.82) is 0 Å². The van der Waals surface area contributed by atoms with E-state index < -0.39 is 5.82 Å². The Morgan fingerprint density at radius 3 is 2.61 bits per heavy atom. The largest absolute Gasteiger partial charge is 0.338 e. The van der Waals surface area contributed by atoms with Crippen LogP contribution in [0.2, 0.25) is 5.02 Å². The smallest absolute Gasteiger partial charge is 0.258 e. The second-order valence-electron chi connectivity index (χ2n) is 5.86. The minimum atomic E-state index is -0.559. The van der Waals surface area contributed by atoms with Crippen molar-refractivity contribution < 1.29 is 9.18 Å². The topological polar surface area (TPSA) is 33.2 Å². The number of carbonyl (C=O) groups excluding carboxylic acids is 1. The molecular formula is C17H18ClFN2OS. The number of hydrogen-bond donors (Lipinski definition) is 0. The Morgan fingerprint density at radius 2 is 2.04 bits per heavy atom. The van der Waals surface area contributed by atoms with E-state index in [1.807, 2.05) is 6.92 Å². The Labute approximate surface area is 144 Å². The monoisotopic (exact) mass is 352 g/mol. The number of piperidine rings is 1. The molecule has 1 aliphatic heterocycles. The molecule has 1 fully saturated rings. The fourth-order valence-electron chi connectivity index (χ4n) is 2.86. The van der Waals surface area contributed by atoms with Crippen molar-refractivity contribution in [2.75, 3.05) is 13.1 Å². The van der Waals surface area contributed by atoms with Crippen molar-refractivity contribution >= 4 is 28.8 Å². The molecule has 1 aromatic carbocycles. The Balaban J connectivity index is 1.70. The zero-order valence-electron chi connectivity index (χ0n) is 13.1. The average Bonchev–Trinajstić information content (AvgIpc) is 2.86. The zero-order chi connectivity index (χ0) is 16.6. The number of carbonyl (C=O) groups is 1. The van der Waals surface area contributed by atoms with E-state index in [0.29, 0.717) is 19.0 Å². The van der Waals surface area contributed by atoms with E-state index in [9.17, 15) is 9.18 Å². The average molecular weight is 353 g/mol. The molecule has 1 aliphatic rings. The van der Waals surface area contributed by atoms with Gasteiger partial charge in [-0.25, -0.2) is 9.37 Å². The summed E-state index contributed by atoms with van der Waals surface area (Å²) in [6, 6.07) is 4.33. The van der Waals surface area contributed by atoms with Gasteiger partial charge in [-0.15, -0.1) is 11.3 Å². The van der Waals surface area contributed by atoms with Crippen LogP contribution in [-0.4, -0.2) is 28.9 Å². The van der Waals surface area contributed by atoms with E-state index in [-0.39, 0.29) is 16.5 Å². The van der Waals surface area contributed by atoms with Crippen LogP contribution in [0.25, 0.3) is 0 Å². The molecule has 23 heavy (non-hydrogen) atoms. The molecule has 3 nitrogen and oxygen atoms in total. The Hall–Kier alpha value is -1.46. The molecule has 0 unspecified atom stereocenters. The van der Waals surface area contributed by atoms with Crippen LogP contribution in [0.1, 0.15) is 44.7 Å². The molecule has 0 bridgehead atoms. The Morgan fingerprint density at radius 1 is 1.35 bits per heavy atom. The van der Waals surface area contributed by atoms with Gasteiger partial charge >= 0.3 is 0 Å². The second kappa shape index (κ2) is 6.57. The summed E-state index contributed by atoms with van der Waals surface area (Å²) >= 11 is 7.73. The van der Waals surface area contributed by atoms with Gasteiger partial charge in [-0.3, -0.25) is 4.79 Å². The number of benzene rings is 1. The predicted octanol–water partition coefficient (Wildman–Crippen LogP) is 4.57. The summed E-state index contributed by atoms with van der Waals surface area (Å²) in [6.07, 6.45) is 1.70. The Kier molecular flexibility index (Phi) is 4.69. The van der Waals surface area contributed by atoms with E-state index >= 15 is 0 Å². The summed E-state index contributed by atoms with van der Waals surface area (Å²) in [5, 5.41) is 1.32. The van der Waals surface area contributed by atoms with Gasteiger partial charge in [0.05, 0.1) is 21.3 Å². The summed E-state index contributed by atoms with van der Waals surface area (Å²) < 4.78 is 13.9. The van der Waals surface area contributed by atoms with Crippen LogP contribution in [0.5, 0.6) is 0 Å². The highest BCUT2D eigenvalue weighted by Crippen LogP contribution is 2.33. The van der Waals surface area contributed by atoms with Crippen molar-refractivity contribution in [2.24, 2.45) is 0 Å². The third-order valence-corrected chi connectivity index (χ3v) is 5.90. The zero-order valence-corrected chi connectivity index (χ0v) is 14.7. The second-order valence-corrected chi connectivity index (χ2v) is 7.50. The molecule has 0 atom stereocenters. The van der Waals surface area contributed by atoms with Crippen LogP contribution in [0, 0.1) is 19.7 Å². The van der Waals surface area contributed by atoms with E-state index in [1.165, 1.54) is 17.0 Å². The number of aryl methyl sites for hydroxylation is 2. The quantitative estimate of drug-likeness (QED) is 0.793. The van der Waals surface area contributed by atoms with Gasteiger partial charge in [-0.2, -0.15) is 0 Å². The lowest BCUT2D eigenvalue weighted by Crippen LogP contribution is -2.38. The number of nitrogens with zero attached hydrogens (tertiary/aromatic N) is 2. The molecular weight excluding hydrogens is 335 g/mol. The third kappa shape index (κ3) is 3.26. The van der Waals surface area contributed by atoms with Crippen LogP contribution < -0.4 is 0 Å². The lowest BCUT2D eigenvalue weighted by atomic mass is 9.97. The summed E-state index contributed by atoms with van der Waals surface area (Å²) in [6.45, 7) is 5.31. The molecule has 6 heteroatoms. The van der Waals surface area contributed by atoms with Crippen LogP contribution in [0.3, 0.4) is 0 Å². The van der Waals surface area contributed by atoms with Gasteiger partial charge in [0.25, 0.3) is 5.91 Å². The van der Waals surface area contributed by atoms with Gasteiger partial charge in [0.2, 0.25) is 0 Å². The molecule has 1 saturated heterocycles. The maximum Gasteiger partial charge on any atom is 0.258 e. The fourth-order valence-corrected chi connectivity index (χ4v) is 4.20. The molecule has 0 aliphatic carbocycles. The van der Waals surface area contributed by atoms with E-state index in [4.69, 9.17) is 11.6 Å². The van der Waals surface area contributed by atoms with Gasteiger partial charge in [-0.05, 0) is 38.8 Å². The molecule has 0 spiro atoms. The molecule has 0 N–H and O–H groups in total. The van der Waals surface area contributed by atoms with Crippen LogP contribution in [0.15, 0.2) is 18.2 Å². The summed E-state index contributed by atoms with van der Waals surface area (Å²) in [7, 11) is 0. The first-order valence-corrected chi connectivity index (χ1v) is 8.84. The highest BCUT2D eigenvalue weighted by Gasteiger charge is 2.28. The molecule has 1 aromatic heterocycles. The van der Waals surface area contributed by atoms with Crippen LogP contribution in [0.4, 0.5) is 4.39 Å². The van der Waals surface area contributed by atoms with Crippen molar-refractivity contribution in [3.8, 4) is 0 Å². The van der Waals surface area contributed by atoms with Gasteiger partial charge in [-0.1, -0.05) is 17.7 Å². The van der Waals surface area contributed by atoms with Crippen molar-refractivity contribution in [3.63, 3.8) is 0 Å². The lowest BCUT2D eigenvalue weighted by molar-refractivity contribution is 0.0708.